The molecule has 0 saturated heterocycles. The molecule has 3 nitrogen and oxygen atoms in total. The molecule has 0 atom stereocenters. The van der Waals surface area contributed by atoms with E-state index in [-0.39, 0.29) is 17.1 Å². The number of hydrogen-bond acceptors (Lipinski definition) is 3. The van der Waals surface area contributed by atoms with Gasteiger partial charge in [-0.15, -0.1) is 0 Å². The molecule has 3 rings (SSSR count). The molecule has 0 fully saturated rings. The van der Waals surface area contributed by atoms with Crippen LogP contribution in [0.1, 0.15) is 38.2 Å². The van der Waals surface area contributed by atoms with Gasteiger partial charge in [0.05, 0.1) is 18.0 Å². The lowest BCUT2D eigenvalue weighted by Gasteiger charge is -2.21. The van der Waals surface area contributed by atoms with Crippen LogP contribution in [0.2, 0.25) is 25.2 Å². The van der Waals surface area contributed by atoms with Gasteiger partial charge in [-0.2, -0.15) is 0 Å². The molecular weight excluding hydrogens is 398 g/mol. The topological polar surface area (TPSA) is 46.0 Å². The average Bonchev–Trinajstić information content (AvgIpc) is 2.71. The van der Waals surface area contributed by atoms with Crippen LogP contribution in [0.5, 0.6) is 5.75 Å². The first-order chi connectivity index (χ1) is 14.3. The molecule has 30 heavy (non-hydrogen) atoms. The molecule has 0 bridgehead atoms. The molecule has 0 spiro atoms. The van der Waals surface area contributed by atoms with Crippen molar-refractivity contribution in [3.8, 4) is 17.1 Å². The van der Waals surface area contributed by atoms with Gasteiger partial charge in [0.1, 0.15) is 11.6 Å². The number of rotatable bonds is 9. The number of aromatic nitrogens is 2. The Morgan fingerprint density at radius 1 is 0.967 bits per heavy atom. The van der Waals surface area contributed by atoms with Crippen LogP contribution in [0.4, 0.5) is 8.78 Å². The van der Waals surface area contributed by atoms with Crippen LogP contribution in [-0.4, -0.2) is 23.1 Å². The standard InChI is InChI=1S/C24H30F2N2OSi/c1-4-5-11-30(2,3)12-7-6-8-17-9-10-20-18(13-17)14-21(25)22(23(20)26)24-27-15-19(29)16-28-24/h9-10,13-16,29H,4-8,11-12H2,1-3H3. The smallest absolute Gasteiger partial charge is 0.165 e. The molecule has 0 unspecified atom stereocenters. The van der Waals surface area contributed by atoms with E-state index in [1.54, 1.807) is 6.07 Å². The molecule has 0 saturated carbocycles. The Morgan fingerprint density at radius 3 is 2.37 bits per heavy atom. The van der Waals surface area contributed by atoms with Crippen LogP contribution >= 0.6 is 0 Å². The molecule has 3 aromatic rings. The quantitative estimate of drug-likeness (QED) is 0.292. The molecule has 6 heteroatoms. The van der Waals surface area contributed by atoms with Crippen molar-refractivity contribution in [3.05, 3.63) is 53.9 Å². The number of nitrogens with zero attached hydrogens (tertiary/aromatic N) is 2. The fraction of sp³-hybridized carbons (Fsp3) is 0.417. The van der Waals surface area contributed by atoms with E-state index in [2.05, 4.69) is 30.0 Å². The molecule has 0 amide bonds. The molecule has 1 heterocycles. The lowest BCUT2D eigenvalue weighted by Crippen LogP contribution is -2.24. The summed E-state index contributed by atoms with van der Waals surface area (Å²) in [5, 5.41) is 10.2. The summed E-state index contributed by atoms with van der Waals surface area (Å²) >= 11 is 0. The van der Waals surface area contributed by atoms with E-state index >= 15 is 4.39 Å². The molecule has 1 N–H and O–H groups in total. The largest absolute Gasteiger partial charge is 0.505 e. The van der Waals surface area contributed by atoms with E-state index in [0.29, 0.717) is 10.8 Å². The Labute approximate surface area is 178 Å². The number of hydrogen-bond donors (Lipinski definition) is 1. The number of aromatic hydroxyl groups is 1. The van der Waals surface area contributed by atoms with Crippen LogP contribution in [0.25, 0.3) is 22.2 Å². The van der Waals surface area contributed by atoms with Gasteiger partial charge in [0.2, 0.25) is 0 Å². The van der Waals surface area contributed by atoms with Crippen LogP contribution in [-0.2, 0) is 6.42 Å². The predicted octanol–water partition coefficient (Wildman–Crippen LogP) is 7.11. The molecule has 0 aliphatic rings. The summed E-state index contributed by atoms with van der Waals surface area (Å²) in [6, 6.07) is 9.58. The second-order valence-electron chi connectivity index (χ2n) is 8.84. The molecule has 0 aliphatic heterocycles. The molecule has 1 aromatic heterocycles. The third-order valence-corrected chi connectivity index (χ3v) is 9.15. The maximum atomic E-state index is 15.0. The van der Waals surface area contributed by atoms with E-state index in [1.807, 2.05) is 12.1 Å². The fourth-order valence-corrected chi connectivity index (χ4v) is 6.67. The third kappa shape index (κ3) is 5.42. The lowest BCUT2D eigenvalue weighted by atomic mass is 10.00. The minimum Gasteiger partial charge on any atom is -0.505 e. The average molecular weight is 429 g/mol. The molecule has 2 aromatic carbocycles. The van der Waals surface area contributed by atoms with E-state index in [9.17, 15) is 9.50 Å². The zero-order valence-electron chi connectivity index (χ0n) is 18.0. The molecule has 0 radical (unpaired) electrons. The van der Waals surface area contributed by atoms with Gasteiger partial charge >= 0.3 is 0 Å². The van der Waals surface area contributed by atoms with Crippen molar-refractivity contribution >= 4 is 18.8 Å². The highest BCUT2D eigenvalue weighted by atomic mass is 28.3. The van der Waals surface area contributed by atoms with Crippen molar-refractivity contribution in [3.63, 3.8) is 0 Å². The summed E-state index contributed by atoms with van der Waals surface area (Å²) in [6.45, 7) is 7.19. The van der Waals surface area contributed by atoms with E-state index in [0.717, 1.165) is 30.8 Å². The highest BCUT2D eigenvalue weighted by molar-refractivity contribution is 6.77. The van der Waals surface area contributed by atoms with E-state index in [1.165, 1.54) is 37.4 Å². The molecule has 0 aliphatic carbocycles. The van der Waals surface area contributed by atoms with E-state index in [4.69, 9.17) is 0 Å². The van der Waals surface area contributed by atoms with Gasteiger partial charge in [-0.25, -0.2) is 18.7 Å². The van der Waals surface area contributed by atoms with Gasteiger partial charge in [-0.05, 0) is 29.9 Å². The summed E-state index contributed by atoms with van der Waals surface area (Å²) < 4.78 is 29.7. The van der Waals surface area contributed by atoms with Crippen LogP contribution < -0.4 is 0 Å². The first-order valence-corrected chi connectivity index (χ1v) is 14.1. The zero-order chi connectivity index (χ0) is 21.7. The van der Waals surface area contributed by atoms with Gasteiger partial charge in [-0.1, -0.05) is 69.6 Å². The van der Waals surface area contributed by atoms with Crippen molar-refractivity contribution in [2.45, 2.75) is 64.2 Å². The van der Waals surface area contributed by atoms with Gasteiger partial charge in [-0.3, -0.25) is 0 Å². The second kappa shape index (κ2) is 9.64. The number of fused-ring (bicyclic) bond motifs is 1. The Balaban J connectivity index is 1.72. The monoisotopic (exact) mass is 428 g/mol. The number of halogens is 2. The third-order valence-electron chi connectivity index (χ3n) is 5.73. The number of benzene rings is 2. The van der Waals surface area contributed by atoms with Crippen LogP contribution in [0.15, 0.2) is 36.7 Å². The maximum absolute atomic E-state index is 15.0. The van der Waals surface area contributed by atoms with Crippen molar-refractivity contribution in [2.75, 3.05) is 0 Å². The first-order valence-electron chi connectivity index (χ1n) is 10.7. The number of aryl methyl sites for hydroxylation is 1. The van der Waals surface area contributed by atoms with Gasteiger partial charge in [0, 0.05) is 13.5 Å². The summed E-state index contributed by atoms with van der Waals surface area (Å²) in [5.41, 5.74) is 0.831. The van der Waals surface area contributed by atoms with Gasteiger partial charge < -0.3 is 5.11 Å². The van der Waals surface area contributed by atoms with Crippen LogP contribution in [0, 0.1) is 11.6 Å². The Kier molecular flexibility index (Phi) is 7.18. The first kappa shape index (κ1) is 22.3. The normalized spacial score (nSPS) is 11.9. The number of unbranched alkanes of at least 4 members (excludes halogenated alkanes) is 2. The zero-order valence-corrected chi connectivity index (χ0v) is 19.0. The lowest BCUT2D eigenvalue weighted by molar-refractivity contribution is 0.469. The minimum atomic E-state index is -1.09. The maximum Gasteiger partial charge on any atom is 0.165 e. The van der Waals surface area contributed by atoms with E-state index < -0.39 is 19.7 Å². The second-order valence-corrected chi connectivity index (χ2v) is 14.2. The van der Waals surface area contributed by atoms with Crippen LogP contribution in [0.3, 0.4) is 0 Å². The summed E-state index contributed by atoms with van der Waals surface area (Å²) in [7, 11) is -1.09. The summed E-state index contributed by atoms with van der Waals surface area (Å²) in [4.78, 5) is 7.69. The highest BCUT2D eigenvalue weighted by Crippen LogP contribution is 2.31. The van der Waals surface area contributed by atoms with Gasteiger partial charge in [0.25, 0.3) is 0 Å². The fourth-order valence-electron chi connectivity index (χ4n) is 3.90. The predicted molar refractivity (Wildman–Crippen MR) is 121 cm³/mol. The Morgan fingerprint density at radius 2 is 1.67 bits per heavy atom. The molecule has 160 valence electrons. The minimum absolute atomic E-state index is 0.0800. The Hall–Kier alpha value is -2.34. The van der Waals surface area contributed by atoms with Crippen molar-refractivity contribution in [1.82, 2.24) is 9.97 Å². The Bertz CT molecular complexity index is 1010. The summed E-state index contributed by atoms with van der Waals surface area (Å²) in [6.07, 6.45) is 8.07. The highest BCUT2D eigenvalue weighted by Gasteiger charge is 2.20. The van der Waals surface area contributed by atoms with Crippen molar-refractivity contribution < 1.29 is 13.9 Å². The van der Waals surface area contributed by atoms with Gasteiger partial charge in [0.15, 0.2) is 11.6 Å². The van der Waals surface area contributed by atoms with Crippen molar-refractivity contribution in [1.29, 1.82) is 0 Å². The molecular formula is C24H30F2N2OSi. The summed E-state index contributed by atoms with van der Waals surface area (Å²) in [5.74, 6) is -1.61. The van der Waals surface area contributed by atoms with Crippen molar-refractivity contribution in [2.24, 2.45) is 0 Å². The SMILES string of the molecule is CCCC[Si](C)(C)CCCCc1ccc2c(F)c(-c3ncc(O)cn3)c(F)cc2c1.